The van der Waals surface area contributed by atoms with E-state index in [4.69, 9.17) is 63.5 Å². The van der Waals surface area contributed by atoms with Crippen molar-refractivity contribution in [3.05, 3.63) is 36.4 Å². The highest BCUT2D eigenvalue weighted by atomic mass is 16.5. The van der Waals surface area contributed by atoms with E-state index in [0.717, 1.165) is 0 Å². The maximum Gasteiger partial charge on any atom is 0.185 e. The molecule has 0 amide bonds. The Kier molecular flexibility index (Phi) is 12.8. The molecule has 0 heterocycles. The second-order valence-electron chi connectivity index (χ2n) is 8.02. The molecule has 0 aliphatic heterocycles. The van der Waals surface area contributed by atoms with Gasteiger partial charge in [0.15, 0.2) is 46.8 Å². The minimum atomic E-state index is -0.178. The van der Waals surface area contributed by atoms with Crippen molar-refractivity contribution in [2.45, 2.75) is 0 Å². The van der Waals surface area contributed by atoms with Gasteiger partial charge in [-0.2, -0.15) is 0 Å². The molecule has 2 aromatic rings. The second-order valence-corrected chi connectivity index (χ2v) is 8.02. The van der Waals surface area contributed by atoms with Crippen molar-refractivity contribution < 1.29 is 18.9 Å². The van der Waals surface area contributed by atoms with Crippen LogP contribution in [0.3, 0.4) is 0 Å². The fraction of sp³-hybridized carbons (Fsp3) is 0.333. The molecule has 16 heteroatoms. The number of rotatable bonds is 17. The van der Waals surface area contributed by atoms with Crippen LogP contribution >= 0.6 is 0 Å². The number of nitrogens with two attached hydrogens (primary N) is 4. The molecule has 0 saturated heterocycles. The Morgan fingerprint density at radius 3 is 1.10 bits per heavy atom. The summed E-state index contributed by atoms with van der Waals surface area (Å²) in [5.74, 6) is 1.01. The molecular weight excluding hydrogens is 520 g/mol. The third kappa shape index (κ3) is 11.0. The van der Waals surface area contributed by atoms with Crippen LogP contribution in [0.15, 0.2) is 36.4 Å². The van der Waals surface area contributed by atoms with Gasteiger partial charge >= 0.3 is 0 Å². The Bertz CT molecular complexity index is 1070. The van der Waals surface area contributed by atoms with E-state index in [1.54, 1.807) is 24.3 Å². The van der Waals surface area contributed by atoms with Crippen LogP contribution in [0.4, 0.5) is 0 Å². The molecule has 16 N–H and O–H groups in total. The fourth-order valence-corrected chi connectivity index (χ4v) is 3.35. The predicted molar refractivity (Wildman–Crippen MR) is 154 cm³/mol. The van der Waals surface area contributed by atoms with E-state index < -0.39 is 0 Å². The molecule has 0 aliphatic carbocycles. The molecule has 0 radical (unpaired) electrons. The highest BCUT2D eigenvalue weighted by Gasteiger charge is 2.20. The lowest BCUT2D eigenvalue weighted by molar-refractivity contribution is 0.270. The lowest BCUT2D eigenvalue weighted by Gasteiger charge is -2.21. The number of para-hydroxylation sites is 2. The predicted octanol–water partition coefficient (Wildman–Crippen LogP) is -1.20. The van der Waals surface area contributed by atoms with Crippen molar-refractivity contribution >= 4 is 23.8 Å². The molecule has 0 fully saturated rings. The van der Waals surface area contributed by atoms with Crippen molar-refractivity contribution in [3.63, 3.8) is 0 Å². The van der Waals surface area contributed by atoms with Gasteiger partial charge in [0.2, 0.25) is 0 Å². The number of hydrogen-bond donors (Lipinski definition) is 12. The maximum atomic E-state index is 7.37. The first-order valence-electron chi connectivity index (χ1n) is 12.3. The van der Waals surface area contributed by atoms with E-state index in [1.807, 2.05) is 12.1 Å². The molecule has 2 rings (SSSR count). The van der Waals surface area contributed by atoms with E-state index in [2.05, 4.69) is 21.3 Å². The van der Waals surface area contributed by atoms with Crippen molar-refractivity contribution in [1.82, 2.24) is 21.3 Å². The van der Waals surface area contributed by atoms with Gasteiger partial charge in [0.25, 0.3) is 0 Å². The van der Waals surface area contributed by atoms with Crippen LogP contribution in [0.1, 0.15) is 0 Å². The van der Waals surface area contributed by atoms with Gasteiger partial charge in [0, 0.05) is 11.1 Å². The normalized spacial score (nSPS) is 10.1. The fourth-order valence-electron chi connectivity index (χ4n) is 3.35. The molecule has 2 aromatic carbocycles. The molecular formula is C24H38N12O4. The van der Waals surface area contributed by atoms with Gasteiger partial charge in [-0.15, -0.1) is 0 Å². The molecule has 0 aliphatic rings. The monoisotopic (exact) mass is 558 g/mol. The number of benzene rings is 2. The molecule has 40 heavy (non-hydrogen) atoms. The summed E-state index contributed by atoms with van der Waals surface area (Å²) in [5.41, 5.74) is 22.8. The largest absolute Gasteiger partial charge is 0.488 e. The highest BCUT2D eigenvalue weighted by Crippen LogP contribution is 2.45. The van der Waals surface area contributed by atoms with Crippen molar-refractivity contribution in [2.75, 3.05) is 52.6 Å². The van der Waals surface area contributed by atoms with Crippen LogP contribution < -0.4 is 63.1 Å². The van der Waals surface area contributed by atoms with Gasteiger partial charge in [0.05, 0.1) is 26.2 Å². The summed E-state index contributed by atoms with van der Waals surface area (Å²) >= 11 is 0. The van der Waals surface area contributed by atoms with Gasteiger partial charge in [-0.05, 0) is 12.1 Å². The van der Waals surface area contributed by atoms with Gasteiger partial charge < -0.3 is 63.1 Å². The van der Waals surface area contributed by atoms with Crippen LogP contribution in [0, 0.1) is 21.6 Å². The average Bonchev–Trinajstić information content (AvgIpc) is 2.89. The summed E-state index contributed by atoms with van der Waals surface area (Å²) in [7, 11) is 0. The number of guanidine groups is 4. The molecule has 0 bridgehead atoms. The van der Waals surface area contributed by atoms with Gasteiger partial charge in [0.1, 0.15) is 26.4 Å². The molecule has 0 atom stereocenters. The van der Waals surface area contributed by atoms with E-state index in [0.29, 0.717) is 47.2 Å². The van der Waals surface area contributed by atoms with Gasteiger partial charge in [-0.3, -0.25) is 21.6 Å². The standard InChI is InChI=1S/C24H38N12O4/c25-21(26)33-7-11-37-17-5-1-3-15(19(17)39-13-9-35-23(29)30)16-4-2-6-18(38-12-8-34-22(27)28)20(16)40-14-10-36-24(31)32/h1-6H,7-14H2,(H4,25,26,33)(H4,27,28,34)(H4,29,30,35)(H4,31,32,36). The first kappa shape index (κ1) is 30.9. The molecule has 0 saturated carbocycles. The Hall–Kier alpha value is -5.28. The maximum absolute atomic E-state index is 7.37. The van der Waals surface area contributed by atoms with Gasteiger partial charge in [-0.1, -0.05) is 24.3 Å². The number of ether oxygens (including phenoxy) is 4. The summed E-state index contributed by atoms with van der Waals surface area (Å²) in [6.45, 7) is 1.92. The summed E-state index contributed by atoms with van der Waals surface area (Å²) in [4.78, 5) is 0. The minimum absolute atomic E-state index is 0.166. The Morgan fingerprint density at radius 1 is 0.500 bits per heavy atom. The molecule has 0 unspecified atom stereocenters. The quantitative estimate of drug-likeness (QED) is 0.0619. The first-order valence-corrected chi connectivity index (χ1v) is 12.3. The lowest BCUT2D eigenvalue weighted by atomic mass is 10.0. The van der Waals surface area contributed by atoms with Crippen molar-refractivity contribution in [1.29, 1.82) is 21.6 Å². The van der Waals surface area contributed by atoms with Crippen molar-refractivity contribution in [3.8, 4) is 34.1 Å². The topological polar surface area (TPSA) is 285 Å². The summed E-state index contributed by atoms with van der Waals surface area (Å²) < 4.78 is 24.1. The van der Waals surface area contributed by atoms with Gasteiger partial charge in [-0.25, -0.2) is 0 Å². The van der Waals surface area contributed by atoms with Crippen LogP contribution in [0.25, 0.3) is 11.1 Å². The van der Waals surface area contributed by atoms with Crippen LogP contribution in [-0.4, -0.2) is 76.4 Å². The number of hydrogen-bond acceptors (Lipinski definition) is 8. The molecule has 218 valence electrons. The Morgan fingerprint density at radius 2 is 0.800 bits per heavy atom. The van der Waals surface area contributed by atoms with E-state index >= 15 is 0 Å². The zero-order chi connectivity index (χ0) is 29.3. The Balaban J connectivity index is 2.43. The second kappa shape index (κ2) is 16.5. The SMILES string of the molecule is N=C(N)NCCOc1cccc(-c2cccc(OCCNC(=N)N)c2OCCNC(=N)N)c1OCCNC(=N)N. The van der Waals surface area contributed by atoms with E-state index in [-0.39, 0.29) is 63.4 Å². The zero-order valence-electron chi connectivity index (χ0n) is 22.1. The van der Waals surface area contributed by atoms with Crippen molar-refractivity contribution in [2.24, 2.45) is 22.9 Å². The molecule has 0 spiro atoms. The summed E-state index contributed by atoms with van der Waals surface area (Å²) in [6, 6.07) is 10.8. The smallest absolute Gasteiger partial charge is 0.185 e. The average molecular weight is 559 g/mol. The minimum Gasteiger partial charge on any atom is -0.488 e. The van der Waals surface area contributed by atoms with Crippen LogP contribution in [0.2, 0.25) is 0 Å². The number of nitrogens with one attached hydrogen (secondary N) is 8. The lowest BCUT2D eigenvalue weighted by Crippen LogP contribution is -2.34. The van der Waals surface area contributed by atoms with Crippen LogP contribution in [0.5, 0.6) is 23.0 Å². The summed E-state index contributed by atoms with van der Waals surface area (Å²) in [6.07, 6.45) is 0. The third-order valence-electron chi connectivity index (χ3n) is 4.93. The van der Waals surface area contributed by atoms with Crippen LogP contribution in [-0.2, 0) is 0 Å². The molecule has 0 aromatic heterocycles. The Labute approximate surface area is 232 Å². The van der Waals surface area contributed by atoms with E-state index in [1.165, 1.54) is 0 Å². The first-order chi connectivity index (χ1) is 19.2. The highest BCUT2D eigenvalue weighted by molar-refractivity contribution is 5.81. The zero-order valence-corrected chi connectivity index (χ0v) is 22.1. The van der Waals surface area contributed by atoms with E-state index in [9.17, 15) is 0 Å². The summed E-state index contributed by atoms with van der Waals surface area (Å²) in [5, 5.41) is 40.1. The molecule has 16 nitrogen and oxygen atoms in total. The third-order valence-corrected chi connectivity index (χ3v) is 4.93.